The summed E-state index contributed by atoms with van der Waals surface area (Å²) >= 11 is 6.19. The van der Waals surface area contributed by atoms with E-state index in [0.29, 0.717) is 46.6 Å². The third-order valence-corrected chi connectivity index (χ3v) is 5.10. The Morgan fingerprint density at radius 1 is 1.48 bits per heavy atom. The Kier molecular flexibility index (Phi) is 6.99. The van der Waals surface area contributed by atoms with E-state index in [1.807, 2.05) is 6.07 Å². The van der Waals surface area contributed by atoms with E-state index in [0.717, 1.165) is 24.0 Å². The van der Waals surface area contributed by atoms with Gasteiger partial charge in [0.2, 0.25) is 0 Å². The molecule has 1 fully saturated rings. The van der Waals surface area contributed by atoms with Crippen molar-refractivity contribution in [3.05, 3.63) is 80.7 Å². The van der Waals surface area contributed by atoms with Crippen LogP contribution in [0, 0.1) is 10.8 Å². The minimum Gasteiger partial charge on any atom is -0.495 e. The summed E-state index contributed by atoms with van der Waals surface area (Å²) in [5, 5.41) is 6.76. The minimum atomic E-state index is -0.376. The largest absolute Gasteiger partial charge is 0.495 e. The van der Waals surface area contributed by atoms with Crippen LogP contribution in [0.4, 0.5) is 4.39 Å². The number of halogens is 2. The number of aliphatic imine (C=N–C) groups is 1. The van der Waals surface area contributed by atoms with Gasteiger partial charge in [-0.2, -0.15) is 4.91 Å². The van der Waals surface area contributed by atoms with Gasteiger partial charge in [-0.15, -0.1) is 0 Å². The fourth-order valence-electron chi connectivity index (χ4n) is 3.11. The Morgan fingerprint density at radius 3 is 2.93 bits per heavy atom. The summed E-state index contributed by atoms with van der Waals surface area (Å²) in [5.41, 5.74) is 3.66. The van der Waals surface area contributed by atoms with Crippen molar-refractivity contribution in [3.8, 4) is 5.75 Å². The molecule has 1 heterocycles. The van der Waals surface area contributed by atoms with Crippen molar-refractivity contribution in [2.75, 3.05) is 20.2 Å². The lowest BCUT2D eigenvalue weighted by Crippen LogP contribution is -2.22. The van der Waals surface area contributed by atoms with Gasteiger partial charge >= 0.3 is 0 Å². The molecule has 1 aliphatic carbocycles. The van der Waals surface area contributed by atoms with E-state index >= 15 is 0 Å². The van der Waals surface area contributed by atoms with Gasteiger partial charge in [-0.1, -0.05) is 29.4 Å². The number of methoxy groups -OCH3 is 1. The van der Waals surface area contributed by atoms with Gasteiger partial charge < -0.3 is 10.1 Å². The summed E-state index contributed by atoms with van der Waals surface area (Å²) in [6.07, 6.45) is 6.65. The maximum atomic E-state index is 14.5. The summed E-state index contributed by atoms with van der Waals surface area (Å²) in [6.45, 7) is 4.63. The fraction of sp³-hybridized carbons (Fsp3) is 0.318. The highest BCUT2D eigenvalue weighted by Crippen LogP contribution is 2.36. The van der Waals surface area contributed by atoms with Gasteiger partial charge in [-0.05, 0) is 59.8 Å². The first-order valence-electron chi connectivity index (χ1n) is 9.37. The van der Waals surface area contributed by atoms with Gasteiger partial charge in [0.1, 0.15) is 18.1 Å². The van der Waals surface area contributed by atoms with Gasteiger partial charge in [-0.25, -0.2) is 4.39 Å². The first-order valence-corrected chi connectivity index (χ1v) is 9.75. The maximum Gasteiger partial charge on any atom is 0.137 e. The van der Waals surface area contributed by atoms with Crippen LogP contribution in [0.2, 0.25) is 5.02 Å². The number of hydrogen-bond acceptors (Lipinski definition) is 5. The van der Waals surface area contributed by atoms with E-state index in [-0.39, 0.29) is 12.4 Å². The summed E-state index contributed by atoms with van der Waals surface area (Å²) in [5.74, 6) is 0.611. The molecule has 0 radical (unpaired) electrons. The highest BCUT2D eigenvalue weighted by atomic mass is 35.5. The Balaban J connectivity index is 1.82. The highest BCUT2D eigenvalue weighted by Gasteiger charge is 2.23. The number of benzene rings is 1. The van der Waals surface area contributed by atoms with Crippen molar-refractivity contribution >= 4 is 17.8 Å². The molecule has 0 atom stereocenters. The standard InChI is InChI=1S/C22H23ClFN3O2/c1-14(16-4-5-16)7-19(24)9-17-11-25-12-18(13-27-28)22(17)26-10-15-3-6-21(29-2)20(23)8-15/h3,6-9,12,16,26H,1,4-5,10-11,13H2,2H3/b17-9+,19-7+. The zero-order chi connectivity index (χ0) is 20.8. The predicted octanol–water partition coefficient (Wildman–Crippen LogP) is 5.29. The number of allylic oxidation sites excluding steroid dienone is 4. The quantitative estimate of drug-likeness (QED) is 0.440. The SMILES string of the molecule is C=C(/C=C(F)\C=C1/CN=CC(CN=O)=C1NCc1ccc(OC)c(Cl)c1)C1CC1. The van der Waals surface area contributed by atoms with Gasteiger partial charge in [0.25, 0.3) is 0 Å². The van der Waals surface area contributed by atoms with Crippen molar-refractivity contribution in [1.82, 2.24) is 5.32 Å². The normalized spacial score (nSPS) is 18.2. The summed E-state index contributed by atoms with van der Waals surface area (Å²) in [6, 6.07) is 5.47. The summed E-state index contributed by atoms with van der Waals surface area (Å²) < 4.78 is 19.7. The average Bonchev–Trinajstić information content (AvgIpc) is 3.53. The van der Waals surface area contributed by atoms with E-state index in [1.165, 1.54) is 12.2 Å². The molecule has 29 heavy (non-hydrogen) atoms. The predicted molar refractivity (Wildman–Crippen MR) is 115 cm³/mol. The van der Waals surface area contributed by atoms with E-state index < -0.39 is 0 Å². The third kappa shape index (κ3) is 5.64. The van der Waals surface area contributed by atoms with Crippen molar-refractivity contribution < 1.29 is 9.13 Å². The molecular formula is C22H23ClFN3O2. The lowest BCUT2D eigenvalue weighted by Gasteiger charge is -2.20. The number of ether oxygens (including phenoxy) is 1. The third-order valence-electron chi connectivity index (χ3n) is 4.81. The lowest BCUT2D eigenvalue weighted by molar-refractivity contribution is 0.415. The molecule has 0 saturated heterocycles. The van der Waals surface area contributed by atoms with Crippen molar-refractivity contribution in [3.63, 3.8) is 0 Å². The highest BCUT2D eigenvalue weighted by molar-refractivity contribution is 6.32. The second-order valence-electron chi connectivity index (χ2n) is 7.03. The van der Waals surface area contributed by atoms with Crippen LogP contribution < -0.4 is 10.1 Å². The van der Waals surface area contributed by atoms with Gasteiger partial charge in [0.15, 0.2) is 0 Å². The second kappa shape index (κ2) is 9.65. The molecule has 1 aromatic rings. The van der Waals surface area contributed by atoms with Crippen molar-refractivity contribution in [1.29, 1.82) is 0 Å². The van der Waals surface area contributed by atoms with Crippen LogP contribution in [0.25, 0.3) is 0 Å². The van der Waals surface area contributed by atoms with Crippen LogP contribution in [-0.2, 0) is 6.54 Å². The van der Waals surface area contributed by atoms with Crippen molar-refractivity contribution in [2.45, 2.75) is 19.4 Å². The minimum absolute atomic E-state index is 0.0490. The number of rotatable bonds is 9. The van der Waals surface area contributed by atoms with Crippen LogP contribution in [0.15, 0.2) is 75.3 Å². The number of dihydropyridines is 1. The Morgan fingerprint density at radius 2 is 2.28 bits per heavy atom. The second-order valence-corrected chi connectivity index (χ2v) is 7.43. The van der Waals surface area contributed by atoms with Crippen LogP contribution in [-0.4, -0.2) is 26.4 Å². The molecule has 0 spiro atoms. The summed E-state index contributed by atoms with van der Waals surface area (Å²) in [7, 11) is 1.56. The van der Waals surface area contributed by atoms with E-state index in [1.54, 1.807) is 25.5 Å². The molecular weight excluding hydrogens is 393 g/mol. The van der Waals surface area contributed by atoms with Crippen LogP contribution >= 0.6 is 11.6 Å². The number of hydrogen-bond donors (Lipinski definition) is 1. The first kappa shape index (κ1) is 21.0. The Hall–Kier alpha value is -2.73. The molecule has 3 rings (SSSR count). The van der Waals surface area contributed by atoms with Crippen LogP contribution in [0.1, 0.15) is 18.4 Å². The van der Waals surface area contributed by atoms with E-state index in [9.17, 15) is 9.30 Å². The van der Waals surface area contributed by atoms with E-state index in [2.05, 4.69) is 22.1 Å². The Labute approximate surface area is 174 Å². The molecule has 5 nitrogen and oxygen atoms in total. The average molecular weight is 416 g/mol. The summed E-state index contributed by atoms with van der Waals surface area (Å²) in [4.78, 5) is 15.1. The number of nitroso groups, excluding NO2 is 1. The zero-order valence-electron chi connectivity index (χ0n) is 16.3. The van der Waals surface area contributed by atoms with Crippen LogP contribution in [0.5, 0.6) is 5.75 Å². The molecule has 2 aliphatic rings. The lowest BCUT2D eigenvalue weighted by atomic mass is 10.0. The maximum absolute atomic E-state index is 14.5. The monoisotopic (exact) mass is 415 g/mol. The molecule has 1 aromatic carbocycles. The van der Waals surface area contributed by atoms with Gasteiger partial charge in [-0.3, -0.25) is 4.99 Å². The topological polar surface area (TPSA) is 63.0 Å². The molecule has 1 saturated carbocycles. The molecule has 0 bridgehead atoms. The smallest absolute Gasteiger partial charge is 0.137 e. The van der Waals surface area contributed by atoms with Gasteiger partial charge in [0, 0.05) is 24.0 Å². The Bertz CT molecular complexity index is 930. The first-order chi connectivity index (χ1) is 14.0. The molecule has 0 aromatic heterocycles. The fourth-order valence-corrected chi connectivity index (χ4v) is 3.39. The zero-order valence-corrected chi connectivity index (χ0v) is 17.0. The number of nitrogens with one attached hydrogen (secondary N) is 1. The van der Waals surface area contributed by atoms with E-state index in [4.69, 9.17) is 16.3 Å². The van der Waals surface area contributed by atoms with Gasteiger partial charge in [0.05, 0.1) is 18.7 Å². The van der Waals surface area contributed by atoms with Crippen molar-refractivity contribution in [2.24, 2.45) is 16.1 Å². The number of nitrogens with zero attached hydrogens (tertiary/aromatic N) is 2. The molecule has 0 amide bonds. The molecule has 1 N–H and O–H groups in total. The molecule has 152 valence electrons. The molecule has 1 aliphatic heterocycles. The molecule has 0 unspecified atom stereocenters. The molecule has 7 heteroatoms. The van der Waals surface area contributed by atoms with Crippen LogP contribution in [0.3, 0.4) is 0 Å².